The Kier molecular flexibility index (Phi) is 3.82. The molecule has 0 aliphatic carbocycles. The topological polar surface area (TPSA) is 71.8 Å². The van der Waals surface area contributed by atoms with Crippen LogP contribution in [0.5, 0.6) is 0 Å². The first-order valence-electron chi connectivity index (χ1n) is 8.18. The molecule has 126 valence electrons. The number of nitrogens with zero attached hydrogens (tertiary/aromatic N) is 6. The van der Waals surface area contributed by atoms with E-state index in [4.69, 9.17) is 0 Å². The standard InChI is InChI=1S/C20H16N6/c1-14-7-6-10-26-17(13-22-18(14)26)11-16(12-21)20-24-23-19(25(20)2)15-8-4-3-5-9-15/h3-11,13H,1-2H3. The van der Waals surface area contributed by atoms with E-state index in [-0.39, 0.29) is 0 Å². The minimum Gasteiger partial charge on any atom is -0.310 e. The van der Waals surface area contributed by atoms with E-state index in [0.29, 0.717) is 11.4 Å². The molecule has 26 heavy (non-hydrogen) atoms. The van der Waals surface area contributed by atoms with Crippen LogP contribution in [0.2, 0.25) is 0 Å². The van der Waals surface area contributed by atoms with Crippen molar-refractivity contribution >= 4 is 17.3 Å². The van der Waals surface area contributed by atoms with Crippen molar-refractivity contribution in [1.82, 2.24) is 24.1 Å². The lowest BCUT2D eigenvalue weighted by atomic mass is 10.2. The zero-order chi connectivity index (χ0) is 18.1. The second-order valence-electron chi connectivity index (χ2n) is 6.01. The van der Waals surface area contributed by atoms with E-state index in [2.05, 4.69) is 21.3 Å². The predicted molar refractivity (Wildman–Crippen MR) is 99.9 cm³/mol. The van der Waals surface area contributed by atoms with E-state index >= 15 is 0 Å². The highest BCUT2D eigenvalue weighted by atomic mass is 15.3. The summed E-state index contributed by atoms with van der Waals surface area (Å²) in [5.41, 5.74) is 4.17. The summed E-state index contributed by atoms with van der Waals surface area (Å²) >= 11 is 0. The number of aromatic nitrogens is 5. The van der Waals surface area contributed by atoms with Gasteiger partial charge in [-0.2, -0.15) is 5.26 Å². The van der Waals surface area contributed by atoms with Crippen molar-refractivity contribution in [2.75, 3.05) is 0 Å². The molecular formula is C20H16N6. The van der Waals surface area contributed by atoms with E-state index < -0.39 is 0 Å². The highest BCUT2D eigenvalue weighted by Crippen LogP contribution is 2.22. The lowest BCUT2D eigenvalue weighted by Gasteiger charge is -2.03. The molecule has 3 heterocycles. The van der Waals surface area contributed by atoms with Crippen LogP contribution in [0.3, 0.4) is 0 Å². The third kappa shape index (κ3) is 2.56. The number of nitriles is 1. The number of allylic oxidation sites excluding steroid dienone is 1. The van der Waals surface area contributed by atoms with Crippen molar-refractivity contribution in [3.63, 3.8) is 0 Å². The van der Waals surface area contributed by atoms with Crippen LogP contribution in [0.25, 0.3) is 28.7 Å². The lowest BCUT2D eigenvalue weighted by molar-refractivity contribution is 0.900. The maximum atomic E-state index is 9.68. The molecule has 0 unspecified atom stereocenters. The van der Waals surface area contributed by atoms with Gasteiger partial charge in [0.1, 0.15) is 11.7 Å². The van der Waals surface area contributed by atoms with Crippen LogP contribution in [0, 0.1) is 18.3 Å². The fourth-order valence-electron chi connectivity index (χ4n) is 2.97. The molecule has 6 nitrogen and oxygen atoms in total. The summed E-state index contributed by atoms with van der Waals surface area (Å²) in [5.74, 6) is 1.24. The summed E-state index contributed by atoms with van der Waals surface area (Å²) in [6, 6.07) is 16.0. The number of aryl methyl sites for hydroxylation is 1. The molecule has 6 heteroatoms. The molecular weight excluding hydrogens is 324 g/mol. The number of rotatable bonds is 3. The van der Waals surface area contributed by atoms with Gasteiger partial charge in [0, 0.05) is 18.8 Å². The van der Waals surface area contributed by atoms with Crippen LogP contribution in [0.1, 0.15) is 17.1 Å². The minimum atomic E-state index is 0.436. The molecule has 0 aliphatic heterocycles. The average molecular weight is 340 g/mol. The molecule has 0 saturated carbocycles. The third-order valence-electron chi connectivity index (χ3n) is 4.32. The fraction of sp³-hybridized carbons (Fsp3) is 0.100. The first-order valence-corrected chi connectivity index (χ1v) is 8.18. The van der Waals surface area contributed by atoms with Gasteiger partial charge in [0.25, 0.3) is 0 Å². The maximum absolute atomic E-state index is 9.68. The molecule has 0 spiro atoms. The van der Waals surface area contributed by atoms with Gasteiger partial charge in [0.05, 0.1) is 17.5 Å². The fourth-order valence-corrected chi connectivity index (χ4v) is 2.97. The summed E-state index contributed by atoms with van der Waals surface area (Å²) in [6.07, 6.45) is 5.48. The van der Waals surface area contributed by atoms with Gasteiger partial charge in [0.2, 0.25) is 0 Å². The van der Waals surface area contributed by atoms with Gasteiger partial charge in [-0.3, -0.25) is 0 Å². The molecule has 0 saturated heterocycles. The lowest BCUT2D eigenvalue weighted by Crippen LogP contribution is -1.99. The van der Waals surface area contributed by atoms with Gasteiger partial charge in [-0.05, 0) is 24.6 Å². The van der Waals surface area contributed by atoms with Crippen LogP contribution >= 0.6 is 0 Å². The monoisotopic (exact) mass is 340 g/mol. The summed E-state index contributed by atoms with van der Waals surface area (Å²) < 4.78 is 3.79. The summed E-state index contributed by atoms with van der Waals surface area (Å²) in [7, 11) is 1.86. The van der Waals surface area contributed by atoms with Crippen molar-refractivity contribution in [3.8, 4) is 17.5 Å². The third-order valence-corrected chi connectivity index (χ3v) is 4.32. The number of imidazole rings is 1. The average Bonchev–Trinajstić information content (AvgIpc) is 3.25. The smallest absolute Gasteiger partial charge is 0.174 e. The van der Waals surface area contributed by atoms with Gasteiger partial charge < -0.3 is 8.97 Å². The Balaban J connectivity index is 1.81. The van der Waals surface area contributed by atoms with Crippen LogP contribution in [-0.4, -0.2) is 24.1 Å². The van der Waals surface area contributed by atoms with E-state index in [1.54, 1.807) is 12.3 Å². The van der Waals surface area contributed by atoms with Gasteiger partial charge >= 0.3 is 0 Å². The Labute approximate surface area is 150 Å². The Hall–Kier alpha value is -3.72. The minimum absolute atomic E-state index is 0.436. The summed E-state index contributed by atoms with van der Waals surface area (Å²) in [6.45, 7) is 2.01. The van der Waals surface area contributed by atoms with Gasteiger partial charge in [-0.15, -0.1) is 10.2 Å². The number of fused-ring (bicyclic) bond motifs is 1. The quantitative estimate of drug-likeness (QED) is 0.535. The second kappa shape index (κ2) is 6.30. The summed E-state index contributed by atoms with van der Waals surface area (Å²) in [4.78, 5) is 4.44. The van der Waals surface area contributed by atoms with Gasteiger partial charge in [-0.25, -0.2) is 4.98 Å². The second-order valence-corrected chi connectivity index (χ2v) is 6.01. The molecule has 0 radical (unpaired) electrons. The highest BCUT2D eigenvalue weighted by Gasteiger charge is 2.15. The Morgan fingerprint density at radius 1 is 1.12 bits per heavy atom. The van der Waals surface area contributed by atoms with Gasteiger partial charge in [0.15, 0.2) is 11.6 Å². The molecule has 0 fully saturated rings. The normalized spacial score (nSPS) is 11.7. The van der Waals surface area contributed by atoms with Gasteiger partial charge in [-0.1, -0.05) is 36.4 Å². The molecule has 4 aromatic rings. The molecule has 0 aliphatic rings. The largest absolute Gasteiger partial charge is 0.310 e. The number of benzene rings is 1. The number of pyridine rings is 1. The Morgan fingerprint density at radius 2 is 1.92 bits per heavy atom. The van der Waals surface area contributed by atoms with Crippen molar-refractivity contribution in [3.05, 3.63) is 71.9 Å². The van der Waals surface area contributed by atoms with Crippen molar-refractivity contribution < 1.29 is 0 Å². The zero-order valence-electron chi connectivity index (χ0n) is 14.5. The highest BCUT2D eigenvalue weighted by molar-refractivity contribution is 5.87. The van der Waals surface area contributed by atoms with Crippen LogP contribution in [0.15, 0.2) is 54.9 Å². The summed E-state index contributed by atoms with van der Waals surface area (Å²) in [5, 5.41) is 18.2. The van der Waals surface area contributed by atoms with E-state index in [1.165, 1.54) is 0 Å². The van der Waals surface area contributed by atoms with Crippen molar-refractivity contribution in [2.24, 2.45) is 7.05 Å². The van der Waals surface area contributed by atoms with Crippen molar-refractivity contribution in [1.29, 1.82) is 5.26 Å². The molecule has 4 rings (SSSR count). The number of hydrogen-bond acceptors (Lipinski definition) is 4. The van der Waals surface area contributed by atoms with E-state index in [1.807, 2.05) is 71.6 Å². The Morgan fingerprint density at radius 3 is 2.69 bits per heavy atom. The van der Waals surface area contributed by atoms with E-state index in [0.717, 1.165) is 28.3 Å². The van der Waals surface area contributed by atoms with E-state index in [9.17, 15) is 5.26 Å². The molecule has 0 atom stereocenters. The van der Waals surface area contributed by atoms with Crippen LogP contribution in [0.4, 0.5) is 0 Å². The Bertz CT molecular complexity index is 1160. The van der Waals surface area contributed by atoms with Crippen LogP contribution in [-0.2, 0) is 7.05 Å². The molecule has 0 bridgehead atoms. The first-order chi connectivity index (χ1) is 12.7. The SMILES string of the molecule is Cc1cccn2c(C=C(C#N)c3nnc(-c4ccccc4)n3C)cnc12. The number of hydrogen-bond donors (Lipinski definition) is 0. The molecule has 0 N–H and O–H groups in total. The molecule has 1 aromatic carbocycles. The predicted octanol–water partition coefficient (Wildman–Crippen LogP) is 3.50. The zero-order valence-corrected chi connectivity index (χ0v) is 14.5. The molecule has 3 aromatic heterocycles. The van der Waals surface area contributed by atoms with Crippen molar-refractivity contribution in [2.45, 2.75) is 6.92 Å². The maximum Gasteiger partial charge on any atom is 0.174 e. The van der Waals surface area contributed by atoms with Crippen LogP contribution < -0.4 is 0 Å². The first kappa shape index (κ1) is 15.8. The molecule has 0 amide bonds.